The van der Waals surface area contributed by atoms with Crippen molar-refractivity contribution in [2.75, 3.05) is 0 Å². The van der Waals surface area contributed by atoms with Crippen molar-refractivity contribution < 1.29 is 8.83 Å². The highest BCUT2D eigenvalue weighted by molar-refractivity contribution is 6.20. The molecule has 0 spiro atoms. The first-order chi connectivity index (χ1) is 53.5. The molecule has 0 aliphatic carbocycles. The normalized spacial score (nSPS) is 11.9. The minimum atomic E-state index is 0.536. The molecule has 12 nitrogen and oxygen atoms in total. The highest BCUT2D eigenvalue weighted by Gasteiger charge is 2.25. The van der Waals surface area contributed by atoms with Gasteiger partial charge in [-0.1, -0.05) is 224 Å². The van der Waals surface area contributed by atoms with Crippen LogP contribution < -0.4 is 0 Å². The maximum absolute atomic E-state index is 6.47. The maximum atomic E-state index is 6.47. The second-order valence-corrected chi connectivity index (χ2v) is 27.4. The molecule has 0 fully saturated rings. The fraction of sp³-hybridized carbons (Fsp3) is 0. The smallest absolute Gasteiger partial charge is 0.238 e. The van der Waals surface area contributed by atoms with Gasteiger partial charge in [-0.15, -0.1) is 0 Å². The van der Waals surface area contributed by atoms with E-state index in [2.05, 4.69) is 297 Å². The van der Waals surface area contributed by atoms with Crippen LogP contribution in [0.2, 0.25) is 0 Å². The Morgan fingerprint density at radius 3 is 0.898 bits per heavy atom. The largest absolute Gasteiger partial charge is 0.456 e. The van der Waals surface area contributed by atoms with Crippen LogP contribution in [-0.4, -0.2) is 48.2 Å². The summed E-state index contributed by atoms with van der Waals surface area (Å²) in [6, 6.07) is 122. The molecule has 0 saturated carbocycles. The van der Waals surface area contributed by atoms with Gasteiger partial charge in [-0.2, -0.15) is 19.9 Å². The zero-order valence-corrected chi connectivity index (χ0v) is 57.8. The first kappa shape index (κ1) is 60.7. The third-order valence-corrected chi connectivity index (χ3v) is 21.1. The lowest BCUT2D eigenvalue weighted by atomic mass is 10.0. The molecule has 108 heavy (non-hydrogen) atoms. The summed E-state index contributed by atoms with van der Waals surface area (Å²) in [4.78, 5) is 31.3. The van der Waals surface area contributed by atoms with Gasteiger partial charge >= 0.3 is 0 Å². The number of hydrogen-bond donors (Lipinski definition) is 0. The Balaban J connectivity index is 0.000000135. The number of fused-ring (bicyclic) bond motifs is 18. The fourth-order valence-electron chi connectivity index (χ4n) is 16.2. The van der Waals surface area contributed by atoms with Gasteiger partial charge in [-0.3, -0.25) is 9.13 Å². The molecule has 23 rings (SSSR count). The van der Waals surface area contributed by atoms with Crippen LogP contribution in [0, 0.1) is 0 Å². The van der Waals surface area contributed by atoms with Crippen molar-refractivity contribution in [1.82, 2.24) is 48.2 Å². The third kappa shape index (κ3) is 9.78. The summed E-state index contributed by atoms with van der Waals surface area (Å²) in [5.74, 6) is 3.49. The molecule has 0 bridgehead atoms. The monoisotopic (exact) mass is 1380 g/mol. The lowest BCUT2D eigenvalue weighted by molar-refractivity contribution is 0.669. The molecule has 0 saturated heterocycles. The van der Waals surface area contributed by atoms with Crippen molar-refractivity contribution in [3.63, 3.8) is 0 Å². The molecule has 0 aliphatic rings. The molecule has 8 heterocycles. The predicted octanol–water partition coefficient (Wildman–Crippen LogP) is 24.3. The quantitative estimate of drug-likeness (QED) is 0.140. The summed E-state index contributed by atoms with van der Waals surface area (Å²) >= 11 is 0. The predicted molar refractivity (Wildman–Crippen MR) is 439 cm³/mol. The van der Waals surface area contributed by atoms with Crippen molar-refractivity contribution in [1.29, 1.82) is 0 Å². The van der Waals surface area contributed by atoms with Gasteiger partial charge in [-0.05, 0) is 126 Å². The average Bonchev–Trinajstić information content (AvgIpc) is 2.38. The van der Waals surface area contributed by atoms with E-state index in [0.717, 1.165) is 165 Å². The van der Waals surface area contributed by atoms with Crippen LogP contribution in [-0.2, 0) is 0 Å². The van der Waals surface area contributed by atoms with Gasteiger partial charge in [0.1, 0.15) is 22.3 Å². The van der Waals surface area contributed by atoms with Gasteiger partial charge in [0.25, 0.3) is 0 Å². The lowest BCUT2D eigenvalue weighted by Gasteiger charge is -2.11. The summed E-state index contributed by atoms with van der Waals surface area (Å²) in [5.41, 5.74) is 20.1. The second kappa shape index (κ2) is 24.4. The van der Waals surface area contributed by atoms with Crippen molar-refractivity contribution in [2.24, 2.45) is 0 Å². The number of nitrogens with zero attached hydrogens (tertiary/aromatic N) is 10. The van der Waals surface area contributed by atoms with Crippen LogP contribution in [0.25, 0.3) is 211 Å². The van der Waals surface area contributed by atoms with Crippen LogP contribution in [0.5, 0.6) is 0 Å². The summed E-state index contributed by atoms with van der Waals surface area (Å²) in [7, 11) is 0. The number of hydrogen-bond acceptors (Lipinski definition) is 8. The van der Waals surface area contributed by atoms with Crippen molar-refractivity contribution >= 4 is 131 Å². The zero-order valence-electron chi connectivity index (χ0n) is 57.8. The van der Waals surface area contributed by atoms with Crippen LogP contribution in [0.1, 0.15) is 0 Å². The van der Waals surface area contributed by atoms with E-state index >= 15 is 0 Å². The Kier molecular flexibility index (Phi) is 13.7. The van der Waals surface area contributed by atoms with Gasteiger partial charge in [0, 0.05) is 110 Å². The number of aromatic nitrogens is 10. The molecule has 0 amide bonds. The molecule has 0 radical (unpaired) electrons. The molecular formula is C96H58N10O2. The molecule has 0 unspecified atom stereocenters. The van der Waals surface area contributed by atoms with Crippen LogP contribution >= 0.6 is 0 Å². The van der Waals surface area contributed by atoms with E-state index in [0.29, 0.717) is 35.2 Å². The fourth-order valence-corrected chi connectivity index (χ4v) is 16.2. The van der Waals surface area contributed by atoms with Crippen molar-refractivity contribution in [2.45, 2.75) is 0 Å². The van der Waals surface area contributed by atoms with E-state index in [9.17, 15) is 0 Å². The van der Waals surface area contributed by atoms with E-state index in [1.54, 1.807) is 0 Å². The van der Waals surface area contributed by atoms with Crippen molar-refractivity contribution in [3.8, 4) is 79.9 Å². The molecule has 8 aromatic heterocycles. The van der Waals surface area contributed by atoms with E-state index in [4.69, 9.17) is 38.7 Å². The minimum Gasteiger partial charge on any atom is -0.456 e. The van der Waals surface area contributed by atoms with Gasteiger partial charge < -0.3 is 18.0 Å². The van der Waals surface area contributed by atoms with E-state index in [-0.39, 0.29) is 0 Å². The molecular weight excluding hydrogens is 1330 g/mol. The minimum absolute atomic E-state index is 0.536. The molecule has 12 heteroatoms. The number of furan rings is 2. The molecule has 23 aromatic rings. The number of benzene rings is 15. The summed E-state index contributed by atoms with van der Waals surface area (Å²) in [6.07, 6.45) is 0. The first-order valence-corrected chi connectivity index (χ1v) is 36.1. The highest BCUT2D eigenvalue weighted by Crippen LogP contribution is 2.44. The Morgan fingerprint density at radius 2 is 0.463 bits per heavy atom. The van der Waals surface area contributed by atoms with Gasteiger partial charge in [0.15, 0.2) is 23.3 Å². The van der Waals surface area contributed by atoms with Crippen LogP contribution in [0.3, 0.4) is 0 Å². The van der Waals surface area contributed by atoms with Gasteiger partial charge in [-0.25, -0.2) is 9.97 Å². The average molecular weight is 1380 g/mol. The van der Waals surface area contributed by atoms with Gasteiger partial charge in [0.2, 0.25) is 11.9 Å². The molecule has 504 valence electrons. The van der Waals surface area contributed by atoms with E-state index in [1.807, 2.05) is 72.8 Å². The van der Waals surface area contributed by atoms with Gasteiger partial charge in [0.05, 0.1) is 44.1 Å². The third-order valence-electron chi connectivity index (χ3n) is 21.1. The second-order valence-electron chi connectivity index (χ2n) is 27.4. The molecule has 0 atom stereocenters. The molecule has 15 aromatic carbocycles. The Morgan fingerprint density at radius 1 is 0.167 bits per heavy atom. The Labute approximate surface area is 616 Å². The molecule has 0 aliphatic heterocycles. The Hall–Kier alpha value is -14.9. The topological polar surface area (TPSA) is 123 Å². The SMILES string of the molecule is c1ccc(-c2ccc3c(c2)c2cc4c(cc2n3-c2nc(-c3ccccc3)nc(-c3ccc5c(c3)c3ccccc3n5-c3ccccc3)n2)oc2ccccc24)cc1.c1ccc(-c2nc(-c3ccc4c(c3)c3ccccc3n4-c3ccccc3)nc(-n3c4ccccc4c4cc5c(cc43)oc3ccccc35)n2)cc1. The number of rotatable bonds is 9. The summed E-state index contributed by atoms with van der Waals surface area (Å²) in [5, 5.41) is 13.4. The standard InChI is InChI=1S/C51H31N5O.C45H27N5O/c1-4-14-32(15-5-1)34-24-26-45-40(28-34)41-30-42-38-21-11-13-23-47(38)57-48(42)31-46(41)56(45)51-53-49(33-16-6-2-7-17-33)52-50(54-51)35-25-27-44-39(29-35)37-20-10-12-22-43(37)55(44)36-18-8-3-9-19-36;1-3-13-28(14-4-1)43-46-44(29-23-24-39-34(25-29)31-17-7-10-20-37(31)49(39)30-15-5-2-6-16-30)48-45(47-43)50-38-21-11-8-18-32(38)35-26-36-33-19-9-12-22-41(33)51-42(36)27-40(35)50/h1-31H;1-27H. The number of para-hydroxylation sites is 7. The van der Waals surface area contributed by atoms with E-state index in [1.165, 1.54) is 10.8 Å². The highest BCUT2D eigenvalue weighted by atomic mass is 16.3. The van der Waals surface area contributed by atoms with Crippen LogP contribution in [0.4, 0.5) is 0 Å². The summed E-state index contributed by atoms with van der Waals surface area (Å²) < 4.78 is 21.8. The zero-order chi connectivity index (χ0) is 70.9. The lowest BCUT2D eigenvalue weighted by Crippen LogP contribution is -2.06. The first-order valence-electron chi connectivity index (χ1n) is 36.1. The van der Waals surface area contributed by atoms with Crippen molar-refractivity contribution in [3.05, 3.63) is 352 Å². The van der Waals surface area contributed by atoms with Crippen LogP contribution in [0.15, 0.2) is 361 Å². The Bertz CT molecular complexity index is 7540. The molecule has 0 N–H and O–H groups in total. The summed E-state index contributed by atoms with van der Waals surface area (Å²) in [6.45, 7) is 0. The van der Waals surface area contributed by atoms with E-state index < -0.39 is 0 Å². The maximum Gasteiger partial charge on any atom is 0.238 e.